The van der Waals surface area contributed by atoms with E-state index in [0.29, 0.717) is 11.4 Å². The number of carbonyl (C=O) groups is 3. The third-order valence-corrected chi connectivity index (χ3v) is 4.19. The van der Waals surface area contributed by atoms with E-state index >= 15 is 0 Å². The SMILES string of the molecule is CCOC(=O)Nc1ccc(NC(=O)c2ccccc2C(=O)c2ccc(F)cc2)cc1. The van der Waals surface area contributed by atoms with Gasteiger partial charge in [-0.15, -0.1) is 0 Å². The molecule has 0 fully saturated rings. The number of hydrogen-bond acceptors (Lipinski definition) is 4. The van der Waals surface area contributed by atoms with Crippen LogP contribution in [-0.2, 0) is 4.74 Å². The van der Waals surface area contributed by atoms with Crippen LogP contribution in [0, 0.1) is 5.82 Å². The molecule has 0 aliphatic rings. The molecule has 0 aromatic heterocycles. The van der Waals surface area contributed by atoms with Gasteiger partial charge < -0.3 is 10.1 Å². The van der Waals surface area contributed by atoms with Crippen molar-refractivity contribution in [2.45, 2.75) is 6.92 Å². The lowest BCUT2D eigenvalue weighted by Gasteiger charge is -2.11. The summed E-state index contributed by atoms with van der Waals surface area (Å²) in [6, 6.07) is 18.0. The molecule has 7 heteroatoms. The fourth-order valence-corrected chi connectivity index (χ4v) is 2.76. The largest absolute Gasteiger partial charge is 0.450 e. The van der Waals surface area contributed by atoms with E-state index in [9.17, 15) is 18.8 Å². The number of hydrogen-bond donors (Lipinski definition) is 2. The van der Waals surface area contributed by atoms with Crippen LogP contribution in [0.3, 0.4) is 0 Å². The van der Waals surface area contributed by atoms with Gasteiger partial charge in [0.05, 0.1) is 12.2 Å². The van der Waals surface area contributed by atoms with Crippen molar-refractivity contribution in [2.75, 3.05) is 17.2 Å². The second-order valence-corrected chi connectivity index (χ2v) is 6.26. The van der Waals surface area contributed by atoms with Crippen molar-refractivity contribution >= 4 is 29.2 Å². The molecule has 6 nitrogen and oxygen atoms in total. The smallest absolute Gasteiger partial charge is 0.411 e. The topological polar surface area (TPSA) is 84.5 Å². The summed E-state index contributed by atoms with van der Waals surface area (Å²) in [5.41, 5.74) is 1.69. The van der Waals surface area contributed by atoms with Gasteiger partial charge in [-0.3, -0.25) is 14.9 Å². The zero-order valence-electron chi connectivity index (χ0n) is 16.1. The van der Waals surface area contributed by atoms with E-state index < -0.39 is 17.8 Å². The Labute approximate surface area is 172 Å². The van der Waals surface area contributed by atoms with Crippen molar-refractivity contribution in [3.63, 3.8) is 0 Å². The van der Waals surface area contributed by atoms with Crippen LogP contribution in [0.4, 0.5) is 20.6 Å². The molecule has 2 amide bonds. The maximum atomic E-state index is 13.1. The average Bonchev–Trinajstić information content (AvgIpc) is 2.75. The fourth-order valence-electron chi connectivity index (χ4n) is 2.76. The number of carbonyl (C=O) groups excluding carboxylic acids is 3. The van der Waals surface area contributed by atoms with E-state index in [1.54, 1.807) is 55.5 Å². The highest BCUT2D eigenvalue weighted by atomic mass is 19.1. The molecule has 0 radical (unpaired) electrons. The fraction of sp³-hybridized carbons (Fsp3) is 0.0870. The summed E-state index contributed by atoms with van der Waals surface area (Å²) in [6.07, 6.45) is -0.567. The maximum absolute atomic E-state index is 13.1. The number of benzene rings is 3. The summed E-state index contributed by atoms with van der Waals surface area (Å²) in [5, 5.41) is 5.28. The summed E-state index contributed by atoms with van der Waals surface area (Å²) >= 11 is 0. The highest BCUT2D eigenvalue weighted by Crippen LogP contribution is 2.19. The van der Waals surface area contributed by atoms with E-state index in [-0.39, 0.29) is 29.1 Å². The molecule has 0 unspecified atom stereocenters. The highest BCUT2D eigenvalue weighted by Gasteiger charge is 2.18. The predicted molar refractivity (Wildman–Crippen MR) is 111 cm³/mol. The zero-order valence-corrected chi connectivity index (χ0v) is 16.1. The van der Waals surface area contributed by atoms with E-state index in [1.807, 2.05) is 0 Å². The van der Waals surface area contributed by atoms with Crippen LogP contribution in [0.1, 0.15) is 33.2 Å². The number of ketones is 1. The van der Waals surface area contributed by atoms with Crippen molar-refractivity contribution in [1.82, 2.24) is 0 Å². The molecule has 0 saturated heterocycles. The minimum absolute atomic E-state index is 0.195. The predicted octanol–water partition coefficient (Wildman–Crippen LogP) is 4.88. The molecule has 0 atom stereocenters. The third kappa shape index (κ3) is 5.08. The van der Waals surface area contributed by atoms with Crippen LogP contribution in [0.15, 0.2) is 72.8 Å². The third-order valence-electron chi connectivity index (χ3n) is 4.19. The lowest BCUT2D eigenvalue weighted by Crippen LogP contribution is -2.17. The maximum Gasteiger partial charge on any atom is 0.411 e. The summed E-state index contributed by atoms with van der Waals surface area (Å²) in [6.45, 7) is 1.97. The second kappa shape index (κ2) is 9.47. The molecule has 0 bridgehead atoms. The first-order chi connectivity index (χ1) is 14.5. The number of amides is 2. The minimum atomic E-state index is -0.567. The van der Waals surface area contributed by atoms with E-state index in [4.69, 9.17) is 4.74 Å². The van der Waals surface area contributed by atoms with Crippen LogP contribution in [-0.4, -0.2) is 24.4 Å². The highest BCUT2D eigenvalue weighted by molar-refractivity contribution is 6.17. The van der Waals surface area contributed by atoms with Crippen molar-refractivity contribution in [3.8, 4) is 0 Å². The lowest BCUT2D eigenvalue weighted by molar-refractivity contribution is 0.0996. The molecule has 152 valence electrons. The van der Waals surface area contributed by atoms with Crippen molar-refractivity contribution in [3.05, 3.63) is 95.3 Å². The summed E-state index contributed by atoms with van der Waals surface area (Å²) in [4.78, 5) is 37.0. The van der Waals surface area contributed by atoms with E-state index in [2.05, 4.69) is 10.6 Å². The van der Waals surface area contributed by atoms with Crippen molar-refractivity contribution in [1.29, 1.82) is 0 Å². The standard InChI is InChI=1S/C23H19FN2O4/c1-2-30-23(29)26-18-13-11-17(12-14-18)25-22(28)20-6-4-3-5-19(20)21(27)15-7-9-16(24)10-8-15/h3-14H,2H2,1H3,(H,25,28)(H,26,29). The van der Waals surface area contributed by atoms with Gasteiger partial charge in [0.25, 0.3) is 5.91 Å². The first-order valence-corrected chi connectivity index (χ1v) is 9.22. The van der Waals surface area contributed by atoms with Gasteiger partial charge in [0.2, 0.25) is 0 Å². The Morgan fingerprint density at radius 1 is 0.800 bits per heavy atom. The van der Waals surface area contributed by atoms with Crippen LogP contribution in [0.5, 0.6) is 0 Å². The number of rotatable bonds is 6. The van der Waals surface area contributed by atoms with Gasteiger partial charge in [-0.1, -0.05) is 18.2 Å². The van der Waals surface area contributed by atoms with Crippen molar-refractivity contribution in [2.24, 2.45) is 0 Å². The van der Waals surface area contributed by atoms with Gasteiger partial charge in [-0.05, 0) is 61.5 Å². The van der Waals surface area contributed by atoms with Crippen LogP contribution in [0.2, 0.25) is 0 Å². The molecule has 3 rings (SSSR count). The molecular weight excluding hydrogens is 387 g/mol. The molecular formula is C23H19FN2O4. The Bertz CT molecular complexity index is 1060. The Hall–Kier alpha value is -4.00. The molecule has 0 saturated carbocycles. The van der Waals surface area contributed by atoms with Gasteiger partial charge >= 0.3 is 6.09 Å². The Balaban J connectivity index is 1.75. The number of anilines is 2. The van der Waals surface area contributed by atoms with E-state index in [1.165, 1.54) is 24.3 Å². The zero-order chi connectivity index (χ0) is 21.5. The summed E-state index contributed by atoms with van der Waals surface area (Å²) < 4.78 is 17.9. The molecule has 3 aromatic carbocycles. The van der Waals surface area contributed by atoms with Gasteiger partial charge in [0, 0.05) is 22.5 Å². The summed E-state index contributed by atoms with van der Waals surface area (Å²) in [7, 11) is 0. The van der Waals surface area contributed by atoms with Crippen molar-refractivity contribution < 1.29 is 23.5 Å². The quantitative estimate of drug-likeness (QED) is 0.572. The van der Waals surface area contributed by atoms with Gasteiger partial charge in [0.15, 0.2) is 5.78 Å². The summed E-state index contributed by atoms with van der Waals surface area (Å²) in [5.74, 6) is -1.29. The van der Waals surface area contributed by atoms with Gasteiger partial charge in [0.1, 0.15) is 5.82 Å². The molecule has 0 aliphatic carbocycles. The molecule has 0 heterocycles. The lowest BCUT2D eigenvalue weighted by atomic mass is 9.98. The van der Waals surface area contributed by atoms with Crippen LogP contribution in [0.25, 0.3) is 0 Å². The first kappa shape index (κ1) is 20.7. The Morgan fingerprint density at radius 2 is 1.37 bits per heavy atom. The minimum Gasteiger partial charge on any atom is -0.450 e. The number of halogens is 1. The van der Waals surface area contributed by atoms with Gasteiger partial charge in [-0.2, -0.15) is 0 Å². The number of ether oxygens (including phenoxy) is 1. The number of nitrogens with one attached hydrogen (secondary N) is 2. The van der Waals surface area contributed by atoms with E-state index in [0.717, 1.165) is 0 Å². The van der Waals surface area contributed by atoms with Crippen LogP contribution < -0.4 is 10.6 Å². The normalized spacial score (nSPS) is 10.2. The average molecular weight is 406 g/mol. The molecule has 30 heavy (non-hydrogen) atoms. The molecule has 2 N–H and O–H groups in total. The Morgan fingerprint density at radius 3 is 1.97 bits per heavy atom. The van der Waals surface area contributed by atoms with Crippen LogP contribution >= 0.6 is 0 Å². The molecule has 0 aliphatic heterocycles. The Kier molecular flexibility index (Phi) is 6.54. The first-order valence-electron chi connectivity index (χ1n) is 9.22. The monoisotopic (exact) mass is 406 g/mol. The molecule has 3 aromatic rings. The molecule has 0 spiro atoms. The second-order valence-electron chi connectivity index (χ2n) is 6.26. The van der Waals surface area contributed by atoms with Gasteiger partial charge in [-0.25, -0.2) is 9.18 Å².